The summed E-state index contributed by atoms with van der Waals surface area (Å²) in [6, 6.07) is 0. The van der Waals surface area contributed by atoms with Crippen molar-refractivity contribution in [2.45, 2.75) is 47.3 Å². The van der Waals surface area contributed by atoms with Gasteiger partial charge in [-0.15, -0.1) is 0 Å². The first-order valence-corrected chi connectivity index (χ1v) is 16.6. The molecule has 2 atom stereocenters. The molecule has 0 rings (SSSR count). The molecule has 0 radical (unpaired) electrons. The molecule has 4 heteroatoms. The van der Waals surface area contributed by atoms with Crippen LogP contribution in [0.2, 0.25) is 14.8 Å². The van der Waals surface area contributed by atoms with Crippen LogP contribution in [0.4, 0.5) is 0 Å². The standard InChI is InChI=1S/C10H19O3.3CH3.Sn/c1-8(2)10(4,12-6)9(3)13-7-11-5;;;;/h9H,1,6-7H2,2-5H3;3*1H3;/t9-,10-;;;;/m0..../s1. The Morgan fingerprint density at radius 1 is 1.35 bits per heavy atom. The van der Waals surface area contributed by atoms with Crippen molar-refractivity contribution in [1.82, 2.24) is 0 Å². The van der Waals surface area contributed by atoms with Crippen LogP contribution in [0.5, 0.6) is 0 Å². The molecule has 0 aromatic heterocycles. The zero-order valence-corrected chi connectivity index (χ0v) is 15.3. The average molecular weight is 351 g/mol. The molecule has 3 nitrogen and oxygen atoms in total. The van der Waals surface area contributed by atoms with E-state index in [2.05, 4.69) is 21.4 Å². The molecule has 0 aliphatic heterocycles. The van der Waals surface area contributed by atoms with Crippen LogP contribution in [0.1, 0.15) is 20.8 Å². The van der Waals surface area contributed by atoms with Gasteiger partial charge >= 0.3 is 111 Å². The molecule has 0 N–H and O–H groups in total. The van der Waals surface area contributed by atoms with Crippen LogP contribution in [-0.2, 0) is 14.2 Å². The molecule has 0 aliphatic carbocycles. The normalized spacial score (nSPS) is 17.6. The Morgan fingerprint density at radius 3 is 2.24 bits per heavy atom. The summed E-state index contributed by atoms with van der Waals surface area (Å²) in [4.78, 5) is 7.07. The molecule has 0 aliphatic rings. The van der Waals surface area contributed by atoms with E-state index in [4.69, 9.17) is 14.2 Å². The van der Waals surface area contributed by atoms with Crippen molar-refractivity contribution >= 4 is 18.4 Å². The summed E-state index contributed by atoms with van der Waals surface area (Å²) in [5, 5.41) is 0. The van der Waals surface area contributed by atoms with Crippen molar-refractivity contribution in [3.8, 4) is 0 Å². The Hall–Kier alpha value is 0.419. The van der Waals surface area contributed by atoms with Gasteiger partial charge in [0.05, 0.1) is 0 Å². The zero-order chi connectivity index (χ0) is 13.7. The van der Waals surface area contributed by atoms with Gasteiger partial charge in [-0.25, -0.2) is 0 Å². The van der Waals surface area contributed by atoms with Crippen LogP contribution in [0, 0.1) is 0 Å². The van der Waals surface area contributed by atoms with E-state index >= 15 is 0 Å². The molecule has 0 aromatic rings. The monoisotopic (exact) mass is 352 g/mol. The van der Waals surface area contributed by atoms with Crippen LogP contribution >= 0.6 is 0 Å². The zero-order valence-electron chi connectivity index (χ0n) is 12.4. The second-order valence-electron chi connectivity index (χ2n) is 5.95. The number of rotatable bonds is 8. The molecule has 0 bridgehead atoms. The molecule has 0 unspecified atom stereocenters. The number of methoxy groups -OCH3 is 1. The molecule has 0 aromatic carbocycles. The number of hydrogen-bond acceptors (Lipinski definition) is 3. The van der Waals surface area contributed by atoms with Crippen molar-refractivity contribution in [2.75, 3.05) is 18.5 Å². The van der Waals surface area contributed by atoms with Crippen LogP contribution in [-0.4, -0.2) is 48.6 Å². The summed E-state index contributed by atoms with van der Waals surface area (Å²) >= 11 is -1.94. The second kappa shape index (κ2) is 7.12. The third-order valence-electron chi connectivity index (χ3n) is 2.86. The fraction of sp³-hybridized carbons (Fsp3) is 0.846. The Morgan fingerprint density at radius 2 is 1.88 bits per heavy atom. The molecular weight excluding hydrogens is 323 g/mol. The Bertz CT molecular complexity index is 248. The predicted molar refractivity (Wildman–Crippen MR) is 74.9 cm³/mol. The van der Waals surface area contributed by atoms with Gasteiger partial charge in [0.15, 0.2) is 0 Å². The maximum absolute atomic E-state index is 6.13. The van der Waals surface area contributed by atoms with Crippen molar-refractivity contribution in [3.05, 3.63) is 12.2 Å². The molecule has 102 valence electrons. The van der Waals surface area contributed by atoms with Crippen LogP contribution in [0.25, 0.3) is 0 Å². The molecule has 0 fully saturated rings. The quantitative estimate of drug-likeness (QED) is 0.382. The van der Waals surface area contributed by atoms with E-state index in [1.165, 1.54) is 0 Å². The SMILES string of the molecule is C=C(C)[C@](C)(O[CH2][Sn]([CH3])([CH3])[CH3])[C@H](C)OCOC. The van der Waals surface area contributed by atoms with E-state index < -0.39 is 24.0 Å². The second-order valence-corrected chi connectivity index (χ2v) is 21.4. The van der Waals surface area contributed by atoms with E-state index in [0.29, 0.717) is 0 Å². The third-order valence-corrected chi connectivity index (χ3v) is 5.75. The van der Waals surface area contributed by atoms with E-state index in [1.807, 2.05) is 20.8 Å². The number of ether oxygens (including phenoxy) is 3. The van der Waals surface area contributed by atoms with Gasteiger partial charge in [0.2, 0.25) is 0 Å². The predicted octanol–water partition coefficient (Wildman–Crippen LogP) is 3.22. The first-order valence-electron chi connectivity index (χ1n) is 6.04. The van der Waals surface area contributed by atoms with Crippen LogP contribution < -0.4 is 0 Å². The molecule has 0 saturated heterocycles. The van der Waals surface area contributed by atoms with Gasteiger partial charge in [-0.05, 0) is 0 Å². The van der Waals surface area contributed by atoms with E-state index in [-0.39, 0.29) is 12.9 Å². The summed E-state index contributed by atoms with van der Waals surface area (Å²) in [7, 11) is 1.62. The third kappa shape index (κ3) is 6.22. The van der Waals surface area contributed by atoms with Gasteiger partial charge in [0.1, 0.15) is 0 Å². The Balaban J connectivity index is 4.61. The summed E-state index contributed by atoms with van der Waals surface area (Å²) in [5.74, 6) is 0. The summed E-state index contributed by atoms with van der Waals surface area (Å²) in [5.41, 5.74) is 0.569. The minimum absolute atomic E-state index is 0.0615. The molecule has 0 amide bonds. The van der Waals surface area contributed by atoms with Gasteiger partial charge in [-0.2, -0.15) is 0 Å². The minimum atomic E-state index is -1.94. The molecular formula is C13H28O3Sn. The van der Waals surface area contributed by atoms with E-state index in [9.17, 15) is 0 Å². The average Bonchev–Trinajstić information content (AvgIpc) is 2.20. The van der Waals surface area contributed by atoms with Gasteiger partial charge in [-0.3, -0.25) is 0 Å². The van der Waals surface area contributed by atoms with Gasteiger partial charge < -0.3 is 0 Å². The summed E-state index contributed by atoms with van der Waals surface area (Å²) < 4.78 is 17.5. The van der Waals surface area contributed by atoms with Gasteiger partial charge in [-0.1, -0.05) is 0 Å². The van der Waals surface area contributed by atoms with Crippen molar-refractivity contribution in [3.63, 3.8) is 0 Å². The fourth-order valence-electron chi connectivity index (χ4n) is 1.28. The Labute approximate surface area is 110 Å². The van der Waals surface area contributed by atoms with Crippen LogP contribution in [0.3, 0.4) is 0 Å². The number of hydrogen-bond donors (Lipinski definition) is 0. The topological polar surface area (TPSA) is 27.7 Å². The summed E-state index contributed by atoms with van der Waals surface area (Å²) in [6.45, 7) is 10.4. The van der Waals surface area contributed by atoms with E-state index in [0.717, 1.165) is 10.2 Å². The maximum atomic E-state index is 6.13. The van der Waals surface area contributed by atoms with Crippen molar-refractivity contribution < 1.29 is 14.2 Å². The van der Waals surface area contributed by atoms with Gasteiger partial charge in [0, 0.05) is 0 Å². The van der Waals surface area contributed by atoms with Gasteiger partial charge in [0.25, 0.3) is 0 Å². The molecule has 17 heavy (non-hydrogen) atoms. The van der Waals surface area contributed by atoms with E-state index in [1.54, 1.807) is 7.11 Å². The Kier molecular flexibility index (Phi) is 7.29. The first kappa shape index (κ1) is 17.4. The first-order chi connectivity index (χ1) is 7.63. The molecule has 0 spiro atoms. The summed E-state index contributed by atoms with van der Waals surface area (Å²) in [6.07, 6.45) is -0.0615. The fourth-order valence-corrected chi connectivity index (χ4v) is 3.37. The van der Waals surface area contributed by atoms with Crippen molar-refractivity contribution in [2.24, 2.45) is 0 Å². The van der Waals surface area contributed by atoms with Crippen LogP contribution in [0.15, 0.2) is 12.2 Å². The van der Waals surface area contributed by atoms with Crippen molar-refractivity contribution in [1.29, 1.82) is 0 Å². The molecule has 0 heterocycles. The molecule has 0 saturated carbocycles.